The van der Waals surface area contributed by atoms with Crippen LogP contribution in [-0.4, -0.2) is 12.2 Å². The lowest BCUT2D eigenvalue weighted by Gasteiger charge is -2.11. The van der Waals surface area contributed by atoms with Crippen molar-refractivity contribution in [3.05, 3.63) is 89.5 Å². The Kier molecular flexibility index (Phi) is 6.14. The number of benzene rings is 3. The molecule has 0 radical (unpaired) electrons. The van der Waals surface area contributed by atoms with Crippen LogP contribution in [0.3, 0.4) is 0 Å². The van der Waals surface area contributed by atoms with Crippen LogP contribution in [0.1, 0.15) is 21.5 Å². The van der Waals surface area contributed by atoms with Crippen LogP contribution in [0.25, 0.3) is 0 Å². The highest BCUT2D eigenvalue weighted by molar-refractivity contribution is 7.98. The van der Waals surface area contributed by atoms with Crippen molar-refractivity contribution < 1.29 is 9.53 Å². The van der Waals surface area contributed by atoms with Crippen molar-refractivity contribution in [3.8, 4) is 11.8 Å². The number of carbonyl (C=O) groups excluding carboxylic acids is 1. The van der Waals surface area contributed by atoms with Gasteiger partial charge in [0.1, 0.15) is 12.4 Å². The first-order valence-electron chi connectivity index (χ1n) is 8.36. The smallest absolute Gasteiger partial charge is 0.255 e. The zero-order valence-electron chi connectivity index (χ0n) is 14.8. The van der Waals surface area contributed by atoms with Crippen LogP contribution in [0.15, 0.2) is 77.7 Å². The molecule has 3 rings (SSSR count). The monoisotopic (exact) mass is 374 g/mol. The lowest BCUT2D eigenvalue weighted by Crippen LogP contribution is -2.12. The van der Waals surface area contributed by atoms with Crippen LogP contribution in [-0.2, 0) is 6.61 Å². The normalized spacial score (nSPS) is 10.1. The Labute approximate surface area is 162 Å². The van der Waals surface area contributed by atoms with Gasteiger partial charge < -0.3 is 10.1 Å². The number of nitrogens with one attached hydrogen (secondary N) is 1. The molecule has 1 N–H and O–H groups in total. The Bertz CT molecular complexity index is 995. The number of amides is 1. The van der Waals surface area contributed by atoms with Gasteiger partial charge in [-0.2, -0.15) is 5.26 Å². The summed E-state index contributed by atoms with van der Waals surface area (Å²) in [5.74, 6) is 0.382. The van der Waals surface area contributed by atoms with Crippen molar-refractivity contribution in [1.29, 1.82) is 5.26 Å². The van der Waals surface area contributed by atoms with E-state index in [9.17, 15) is 4.79 Å². The maximum atomic E-state index is 12.6. The predicted octanol–water partition coefficient (Wildman–Crippen LogP) is 5.11. The van der Waals surface area contributed by atoms with Gasteiger partial charge in [-0.3, -0.25) is 4.79 Å². The molecule has 0 unspecified atom stereocenters. The minimum absolute atomic E-state index is 0.195. The van der Waals surface area contributed by atoms with Gasteiger partial charge in [-0.1, -0.05) is 36.4 Å². The number of anilines is 1. The molecule has 0 aliphatic carbocycles. The maximum absolute atomic E-state index is 12.6. The van der Waals surface area contributed by atoms with Crippen LogP contribution in [0.5, 0.6) is 5.75 Å². The van der Waals surface area contributed by atoms with E-state index in [2.05, 4.69) is 11.4 Å². The van der Waals surface area contributed by atoms with Gasteiger partial charge in [-0.25, -0.2) is 0 Å². The number of ether oxygens (including phenoxy) is 1. The SMILES string of the molecule is CSc1ccccc1NC(=O)c1cccc(OCc2ccccc2C#N)c1. The van der Waals surface area contributed by atoms with E-state index in [-0.39, 0.29) is 12.5 Å². The molecule has 0 saturated heterocycles. The molecule has 0 heterocycles. The molecule has 3 aromatic rings. The van der Waals surface area contributed by atoms with Crippen molar-refractivity contribution in [3.63, 3.8) is 0 Å². The van der Waals surface area contributed by atoms with Gasteiger partial charge in [-0.15, -0.1) is 11.8 Å². The van der Waals surface area contributed by atoms with Crippen LogP contribution in [0.2, 0.25) is 0 Å². The van der Waals surface area contributed by atoms with Crippen LogP contribution < -0.4 is 10.1 Å². The Morgan fingerprint density at radius 2 is 1.85 bits per heavy atom. The molecule has 27 heavy (non-hydrogen) atoms. The van der Waals surface area contributed by atoms with Crippen molar-refractivity contribution in [2.75, 3.05) is 11.6 Å². The van der Waals surface area contributed by atoms with E-state index in [0.717, 1.165) is 16.1 Å². The summed E-state index contributed by atoms with van der Waals surface area (Å²) in [6.45, 7) is 0.268. The molecule has 0 atom stereocenters. The zero-order valence-corrected chi connectivity index (χ0v) is 15.6. The topological polar surface area (TPSA) is 62.1 Å². The minimum Gasteiger partial charge on any atom is -0.489 e. The first-order chi connectivity index (χ1) is 13.2. The van der Waals surface area contributed by atoms with Gasteiger partial charge in [0.25, 0.3) is 5.91 Å². The standard InChI is InChI=1S/C22H18N2O2S/c1-27-21-12-5-4-11-20(21)24-22(25)16-9-6-10-19(13-16)26-15-18-8-3-2-7-17(18)14-23/h2-13H,15H2,1H3,(H,24,25). The first-order valence-corrected chi connectivity index (χ1v) is 9.59. The minimum atomic E-state index is -0.195. The Hall–Kier alpha value is -3.23. The third-order valence-corrected chi connectivity index (χ3v) is 4.78. The Morgan fingerprint density at radius 3 is 2.67 bits per heavy atom. The molecule has 1 amide bonds. The number of carbonyl (C=O) groups is 1. The molecule has 0 spiro atoms. The molecular formula is C22H18N2O2S. The Morgan fingerprint density at radius 1 is 1.07 bits per heavy atom. The van der Waals surface area contributed by atoms with E-state index >= 15 is 0 Å². The van der Waals surface area contributed by atoms with E-state index in [1.165, 1.54) is 0 Å². The summed E-state index contributed by atoms with van der Waals surface area (Å²) in [5.41, 5.74) is 2.69. The Balaban J connectivity index is 1.71. The highest BCUT2D eigenvalue weighted by Crippen LogP contribution is 2.25. The van der Waals surface area contributed by atoms with Crippen LogP contribution in [0, 0.1) is 11.3 Å². The van der Waals surface area contributed by atoms with Gasteiger partial charge >= 0.3 is 0 Å². The fourth-order valence-electron chi connectivity index (χ4n) is 2.59. The van der Waals surface area contributed by atoms with Crippen molar-refractivity contribution in [1.82, 2.24) is 0 Å². The second-order valence-corrected chi connectivity index (χ2v) is 6.59. The van der Waals surface area contributed by atoms with Crippen molar-refractivity contribution in [2.24, 2.45) is 0 Å². The van der Waals surface area contributed by atoms with E-state index in [4.69, 9.17) is 10.00 Å². The van der Waals surface area contributed by atoms with Gasteiger partial charge in [0.15, 0.2) is 0 Å². The zero-order chi connectivity index (χ0) is 19.1. The van der Waals surface area contributed by atoms with E-state index in [0.29, 0.717) is 16.9 Å². The van der Waals surface area contributed by atoms with Crippen molar-refractivity contribution >= 4 is 23.4 Å². The molecule has 0 bridgehead atoms. The van der Waals surface area contributed by atoms with Gasteiger partial charge in [-0.05, 0) is 42.7 Å². The average molecular weight is 374 g/mol. The molecule has 5 heteroatoms. The molecular weight excluding hydrogens is 356 g/mol. The predicted molar refractivity (Wildman–Crippen MR) is 108 cm³/mol. The number of hydrogen-bond donors (Lipinski definition) is 1. The quantitative estimate of drug-likeness (QED) is 0.609. The van der Waals surface area contributed by atoms with Crippen LogP contribution in [0.4, 0.5) is 5.69 Å². The molecule has 0 aliphatic heterocycles. The largest absolute Gasteiger partial charge is 0.489 e. The third-order valence-electron chi connectivity index (χ3n) is 3.98. The van der Waals surface area contributed by atoms with E-state index in [1.807, 2.05) is 48.7 Å². The summed E-state index contributed by atoms with van der Waals surface area (Å²) in [6, 6.07) is 24.1. The molecule has 0 fully saturated rings. The van der Waals surface area contributed by atoms with E-state index < -0.39 is 0 Å². The summed E-state index contributed by atoms with van der Waals surface area (Å²) in [7, 11) is 0. The molecule has 0 aromatic heterocycles. The number of nitrogens with zero attached hydrogens (tertiary/aromatic N) is 1. The number of rotatable bonds is 6. The summed E-state index contributed by atoms with van der Waals surface area (Å²) in [6.07, 6.45) is 1.97. The van der Waals surface area contributed by atoms with Crippen LogP contribution >= 0.6 is 11.8 Å². The van der Waals surface area contributed by atoms with Gasteiger partial charge in [0.2, 0.25) is 0 Å². The lowest BCUT2D eigenvalue weighted by atomic mass is 10.1. The highest BCUT2D eigenvalue weighted by Gasteiger charge is 2.10. The van der Waals surface area contributed by atoms with Gasteiger partial charge in [0.05, 0.1) is 17.3 Å². The highest BCUT2D eigenvalue weighted by atomic mass is 32.2. The maximum Gasteiger partial charge on any atom is 0.255 e. The second kappa shape index (κ2) is 8.93. The third kappa shape index (κ3) is 4.69. The number of nitriles is 1. The van der Waals surface area contributed by atoms with Gasteiger partial charge in [0, 0.05) is 16.0 Å². The summed E-state index contributed by atoms with van der Waals surface area (Å²) < 4.78 is 5.79. The number of hydrogen-bond acceptors (Lipinski definition) is 4. The number of thioether (sulfide) groups is 1. The fourth-order valence-corrected chi connectivity index (χ4v) is 3.14. The summed E-state index contributed by atoms with van der Waals surface area (Å²) >= 11 is 1.58. The molecule has 0 saturated carbocycles. The lowest BCUT2D eigenvalue weighted by molar-refractivity contribution is 0.102. The summed E-state index contributed by atoms with van der Waals surface area (Å²) in [4.78, 5) is 13.6. The fraction of sp³-hybridized carbons (Fsp3) is 0.0909. The summed E-state index contributed by atoms with van der Waals surface area (Å²) in [5, 5.41) is 12.1. The molecule has 134 valence electrons. The number of para-hydroxylation sites is 1. The van der Waals surface area contributed by atoms with Crippen molar-refractivity contribution in [2.45, 2.75) is 11.5 Å². The van der Waals surface area contributed by atoms with E-state index in [1.54, 1.807) is 42.1 Å². The first kappa shape index (κ1) is 18.6. The average Bonchev–Trinajstić information content (AvgIpc) is 2.73. The molecule has 4 nitrogen and oxygen atoms in total. The molecule has 0 aliphatic rings. The molecule has 3 aromatic carbocycles. The second-order valence-electron chi connectivity index (χ2n) is 5.74.